The largest absolute Gasteiger partial charge is 0.321 e. The molecule has 3 aromatic rings. The minimum Gasteiger partial charge on any atom is -0.321 e. The number of nitrogens with one attached hydrogen (secondary N) is 1. The molecule has 0 fully saturated rings. The minimum atomic E-state index is -0.0833. The van der Waals surface area contributed by atoms with Crippen molar-refractivity contribution in [3.63, 3.8) is 0 Å². The zero-order valence-corrected chi connectivity index (χ0v) is 13.5. The molecule has 0 spiro atoms. The molecule has 1 aliphatic carbocycles. The summed E-state index contributed by atoms with van der Waals surface area (Å²) in [7, 11) is 0. The highest BCUT2D eigenvalue weighted by molar-refractivity contribution is 9.10. The number of benzene rings is 3. The Hall–Kier alpha value is -2.13. The van der Waals surface area contributed by atoms with Crippen molar-refractivity contribution in [2.45, 2.75) is 12.8 Å². The highest BCUT2D eigenvalue weighted by Gasteiger charge is 2.17. The van der Waals surface area contributed by atoms with E-state index >= 15 is 0 Å². The Kier molecular flexibility index (Phi) is 3.23. The van der Waals surface area contributed by atoms with Gasteiger partial charge in [-0.15, -0.1) is 0 Å². The zero-order valence-electron chi connectivity index (χ0n) is 11.9. The van der Waals surface area contributed by atoms with Crippen LogP contribution in [-0.4, -0.2) is 5.91 Å². The van der Waals surface area contributed by atoms with Crippen molar-refractivity contribution in [1.82, 2.24) is 0 Å². The SMILES string of the molecule is O=C(Nc1ccc2c3c(cccc13)CC2)c1cccc(Br)c1. The Labute approximate surface area is 137 Å². The molecule has 0 atom stereocenters. The number of carbonyl (C=O) groups is 1. The molecule has 3 aromatic carbocycles. The van der Waals surface area contributed by atoms with Gasteiger partial charge in [-0.1, -0.05) is 46.3 Å². The van der Waals surface area contributed by atoms with Crippen LogP contribution in [0.5, 0.6) is 0 Å². The number of hydrogen-bond donors (Lipinski definition) is 1. The zero-order chi connectivity index (χ0) is 15.1. The van der Waals surface area contributed by atoms with Crippen molar-refractivity contribution in [2.75, 3.05) is 5.32 Å². The van der Waals surface area contributed by atoms with Crippen molar-refractivity contribution in [3.8, 4) is 0 Å². The Balaban J connectivity index is 1.75. The maximum atomic E-state index is 12.5. The molecule has 0 saturated carbocycles. The second-order valence-corrected chi connectivity index (χ2v) is 6.49. The smallest absolute Gasteiger partial charge is 0.255 e. The molecule has 0 bridgehead atoms. The number of halogens is 1. The summed E-state index contributed by atoms with van der Waals surface area (Å²) >= 11 is 3.40. The molecule has 0 aliphatic heterocycles. The maximum Gasteiger partial charge on any atom is 0.255 e. The van der Waals surface area contributed by atoms with Crippen LogP contribution in [0, 0.1) is 0 Å². The van der Waals surface area contributed by atoms with Crippen LogP contribution in [0.4, 0.5) is 5.69 Å². The number of rotatable bonds is 2. The molecule has 0 aromatic heterocycles. The number of anilines is 1. The van der Waals surface area contributed by atoms with Crippen LogP contribution < -0.4 is 5.32 Å². The molecule has 22 heavy (non-hydrogen) atoms. The fraction of sp³-hybridized carbons (Fsp3) is 0.105. The molecular formula is C19H14BrNO. The van der Waals surface area contributed by atoms with E-state index < -0.39 is 0 Å². The van der Waals surface area contributed by atoms with E-state index in [1.165, 1.54) is 16.5 Å². The molecule has 1 amide bonds. The first-order chi connectivity index (χ1) is 10.7. The molecule has 0 heterocycles. The average molecular weight is 352 g/mol. The monoisotopic (exact) mass is 351 g/mol. The van der Waals surface area contributed by atoms with Crippen molar-refractivity contribution in [2.24, 2.45) is 0 Å². The molecule has 1 aliphatic rings. The summed E-state index contributed by atoms with van der Waals surface area (Å²) in [4.78, 5) is 12.5. The molecule has 3 heteroatoms. The predicted molar refractivity (Wildman–Crippen MR) is 93.5 cm³/mol. The van der Waals surface area contributed by atoms with Gasteiger partial charge in [0.25, 0.3) is 5.91 Å². The molecule has 2 nitrogen and oxygen atoms in total. The fourth-order valence-electron chi connectivity index (χ4n) is 3.18. The van der Waals surface area contributed by atoms with Gasteiger partial charge in [-0.05, 0) is 53.6 Å². The van der Waals surface area contributed by atoms with Gasteiger partial charge in [-0.2, -0.15) is 0 Å². The molecule has 0 radical (unpaired) electrons. The summed E-state index contributed by atoms with van der Waals surface area (Å²) in [6.07, 6.45) is 2.19. The molecule has 0 saturated heterocycles. The van der Waals surface area contributed by atoms with E-state index in [9.17, 15) is 4.79 Å². The lowest BCUT2D eigenvalue weighted by molar-refractivity contribution is 0.102. The van der Waals surface area contributed by atoms with E-state index in [0.29, 0.717) is 5.56 Å². The number of aryl methyl sites for hydroxylation is 2. The molecule has 108 valence electrons. The van der Waals surface area contributed by atoms with Gasteiger partial charge in [-0.3, -0.25) is 4.79 Å². The molecule has 4 rings (SSSR count). The number of amides is 1. The third kappa shape index (κ3) is 2.22. The highest BCUT2D eigenvalue weighted by atomic mass is 79.9. The Morgan fingerprint density at radius 1 is 0.955 bits per heavy atom. The van der Waals surface area contributed by atoms with Crippen LogP contribution in [0.1, 0.15) is 21.5 Å². The van der Waals surface area contributed by atoms with E-state index in [0.717, 1.165) is 28.4 Å². The van der Waals surface area contributed by atoms with Crippen molar-refractivity contribution in [3.05, 3.63) is 75.8 Å². The number of carbonyl (C=O) groups excluding carboxylic acids is 1. The van der Waals surface area contributed by atoms with E-state index in [1.807, 2.05) is 30.3 Å². The predicted octanol–water partition coefficient (Wildman–Crippen LogP) is 4.95. The first-order valence-electron chi connectivity index (χ1n) is 7.33. The van der Waals surface area contributed by atoms with E-state index in [4.69, 9.17) is 0 Å². The molecule has 0 unspecified atom stereocenters. The van der Waals surface area contributed by atoms with Crippen LogP contribution in [0.3, 0.4) is 0 Å². The summed E-state index contributed by atoms with van der Waals surface area (Å²) in [5.74, 6) is -0.0833. The second kappa shape index (κ2) is 5.25. The van der Waals surface area contributed by atoms with Crippen molar-refractivity contribution >= 4 is 38.3 Å². The van der Waals surface area contributed by atoms with Gasteiger partial charge in [0.15, 0.2) is 0 Å². The molecule has 1 N–H and O–H groups in total. The summed E-state index contributed by atoms with van der Waals surface area (Å²) < 4.78 is 0.903. The quantitative estimate of drug-likeness (QED) is 0.694. The van der Waals surface area contributed by atoms with Gasteiger partial charge in [0.05, 0.1) is 0 Å². The first-order valence-corrected chi connectivity index (χ1v) is 8.12. The third-order valence-corrected chi connectivity index (χ3v) is 4.71. The van der Waals surface area contributed by atoms with E-state index in [1.54, 1.807) is 0 Å². The summed E-state index contributed by atoms with van der Waals surface area (Å²) in [6, 6.07) is 17.9. The van der Waals surface area contributed by atoms with E-state index in [-0.39, 0.29) is 5.91 Å². The van der Waals surface area contributed by atoms with Crippen LogP contribution >= 0.6 is 15.9 Å². The number of hydrogen-bond acceptors (Lipinski definition) is 1. The average Bonchev–Trinajstić information content (AvgIpc) is 2.95. The Bertz CT molecular complexity index is 891. The lowest BCUT2D eigenvalue weighted by atomic mass is 10.0. The normalized spacial score (nSPS) is 12.6. The van der Waals surface area contributed by atoms with Gasteiger partial charge in [0.2, 0.25) is 0 Å². The lowest BCUT2D eigenvalue weighted by Crippen LogP contribution is -2.12. The lowest BCUT2D eigenvalue weighted by Gasteiger charge is -2.11. The summed E-state index contributed by atoms with van der Waals surface area (Å²) in [5, 5.41) is 5.50. The van der Waals surface area contributed by atoms with Crippen LogP contribution in [0.15, 0.2) is 59.1 Å². The van der Waals surface area contributed by atoms with Gasteiger partial charge in [0.1, 0.15) is 0 Å². The van der Waals surface area contributed by atoms with Gasteiger partial charge in [0, 0.05) is 21.1 Å². The van der Waals surface area contributed by atoms with Crippen molar-refractivity contribution in [1.29, 1.82) is 0 Å². The fourth-order valence-corrected chi connectivity index (χ4v) is 3.58. The van der Waals surface area contributed by atoms with Crippen LogP contribution in [0.2, 0.25) is 0 Å². The molecular weight excluding hydrogens is 338 g/mol. The Morgan fingerprint density at radius 3 is 2.55 bits per heavy atom. The standard InChI is InChI=1S/C19H14BrNO/c20-15-5-1-4-14(11-15)19(22)21-17-10-9-13-8-7-12-3-2-6-16(17)18(12)13/h1-6,9-11H,7-8H2,(H,21,22). The minimum absolute atomic E-state index is 0.0833. The van der Waals surface area contributed by atoms with Gasteiger partial charge in [-0.25, -0.2) is 0 Å². The topological polar surface area (TPSA) is 29.1 Å². The maximum absolute atomic E-state index is 12.5. The summed E-state index contributed by atoms with van der Waals surface area (Å²) in [6.45, 7) is 0. The van der Waals surface area contributed by atoms with Crippen LogP contribution in [0.25, 0.3) is 10.8 Å². The second-order valence-electron chi connectivity index (χ2n) is 5.58. The van der Waals surface area contributed by atoms with E-state index in [2.05, 4.69) is 45.5 Å². The highest BCUT2D eigenvalue weighted by Crippen LogP contribution is 2.35. The third-order valence-electron chi connectivity index (χ3n) is 4.21. The van der Waals surface area contributed by atoms with Crippen LogP contribution in [-0.2, 0) is 12.8 Å². The van der Waals surface area contributed by atoms with Gasteiger partial charge < -0.3 is 5.32 Å². The van der Waals surface area contributed by atoms with Crippen molar-refractivity contribution < 1.29 is 4.79 Å². The van der Waals surface area contributed by atoms with Gasteiger partial charge >= 0.3 is 0 Å². The first kappa shape index (κ1) is 13.5. The Morgan fingerprint density at radius 2 is 1.73 bits per heavy atom. The summed E-state index contributed by atoms with van der Waals surface area (Å²) in [5.41, 5.74) is 4.29.